The van der Waals surface area contributed by atoms with Gasteiger partial charge >= 0.3 is 0 Å². The Morgan fingerprint density at radius 1 is 1.00 bits per heavy atom. The van der Waals surface area contributed by atoms with Crippen molar-refractivity contribution in [1.29, 1.82) is 0 Å². The summed E-state index contributed by atoms with van der Waals surface area (Å²) in [7, 11) is 0. The van der Waals surface area contributed by atoms with E-state index in [9.17, 15) is 4.39 Å². The molecule has 136 valence electrons. The third-order valence-electron chi connectivity index (χ3n) is 3.93. The highest BCUT2D eigenvalue weighted by atomic mass is 19.1. The summed E-state index contributed by atoms with van der Waals surface area (Å²) in [6, 6.07) is 15.4. The zero-order valence-electron chi connectivity index (χ0n) is 14.6. The number of ether oxygens (including phenoxy) is 1. The molecule has 0 fully saturated rings. The van der Waals surface area contributed by atoms with Crippen LogP contribution in [0.5, 0.6) is 5.75 Å². The number of aromatic nitrogens is 3. The lowest BCUT2D eigenvalue weighted by Gasteiger charge is -2.01. The van der Waals surface area contributed by atoms with Crippen molar-refractivity contribution >= 4 is 0 Å². The number of nitrogens with zero attached hydrogens (tertiary/aromatic N) is 3. The maximum atomic E-state index is 12.9. The number of oxazole rings is 1. The number of benzene rings is 2. The fourth-order valence-electron chi connectivity index (χ4n) is 2.54. The molecule has 4 aromatic rings. The van der Waals surface area contributed by atoms with Crippen molar-refractivity contribution in [3.05, 3.63) is 83.6 Å². The van der Waals surface area contributed by atoms with Crippen molar-refractivity contribution in [1.82, 2.24) is 15.1 Å². The minimum atomic E-state index is -0.319. The van der Waals surface area contributed by atoms with E-state index in [2.05, 4.69) is 15.1 Å². The summed E-state index contributed by atoms with van der Waals surface area (Å²) in [5.74, 6) is 2.30. The van der Waals surface area contributed by atoms with E-state index in [1.165, 1.54) is 24.3 Å². The Labute approximate surface area is 154 Å². The standard InChI is InChI=1S/C20H16FN3O3/c1-13-17(22-20(26-13)14-5-3-2-4-6-14)11-18-23-19(27-24-18)12-25-16-9-7-15(21)8-10-16/h2-10H,11-12H2,1H3. The topological polar surface area (TPSA) is 74.2 Å². The molecule has 0 amide bonds. The average molecular weight is 365 g/mol. The summed E-state index contributed by atoms with van der Waals surface area (Å²) >= 11 is 0. The van der Waals surface area contributed by atoms with E-state index in [1.807, 2.05) is 37.3 Å². The Kier molecular flexibility index (Phi) is 4.65. The Morgan fingerprint density at radius 3 is 2.56 bits per heavy atom. The molecule has 0 aliphatic heterocycles. The molecule has 6 nitrogen and oxygen atoms in total. The molecule has 0 aliphatic rings. The minimum Gasteiger partial charge on any atom is -0.484 e. The minimum absolute atomic E-state index is 0.103. The number of aryl methyl sites for hydroxylation is 1. The van der Waals surface area contributed by atoms with E-state index in [-0.39, 0.29) is 12.4 Å². The van der Waals surface area contributed by atoms with Crippen molar-refractivity contribution in [3.8, 4) is 17.2 Å². The molecular weight excluding hydrogens is 349 g/mol. The Hall–Kier alpha value is -3.48. The van der Waals surface area contributed by atoms with Crippen LogP contribution in [0.4, 0.5) is 4.39 Å². The van der Waals surface area contributed by atoms with E-state index in [0.717, 1.165) is 11.3 Å². The van der Waals surface area contributed by atoms with Gasteiger partial charge in [-0.2, -0.15) is 4.98 Å². The fourth-order valence-corrected chi connectivity index (χ4v) is 2.54. The lowest BCUT2D eigenvalue weighted by Crippen LogP contribution is -1.97. The van der Waals surface area contributed by atoms with Gasteiger partial charge in [0.05, 0.1) is 12.1 Å². The van der Waals surface area contributed by atoms with Gasteiger partial charge < -0.3 is 13.7 Å². The second-order valence-corrected chi connectivity index (χ2v) is 5.91. The van der Waals surface area contributed by atoms with Gasteiger partial charge in [-0.1, -0.05) is 23.4 Å². The van der Waals surface area contributed by atoms with Crippen LogP contribution >= 0.6 is 0 Å². The lowest BCUT2D eigenvalue weighted by molar-refractivity contribution is 0.242. The zero-order chi connectivity index (χ0) is 18.6. The second-order valence-electron chi connectivity index (χ2n) is 5.91. The highest BCUT2D eigenvalue weighted by Gasteiger charge is 2.15. The molecule has 27 heavy (non-hydrogen) atoms. The van der Waals surface area contributed by atoms with E-state index >= 15 is 0 Å². The van der Waals surface area contributed by atoms with Crippen LogP contribution in [0.15, 0.2) is 63.5 Å². The molecule has 0 spiro atoms. The first-order valence-corrected chi connectivity index (χ1v) is 8.39. The van der Waals surface area contributed by atoms with Crippen molar-refractivity contribution in [3.63, 3.8) is 0 Å². The van der Waals surface area contributed by atoms with Gasteiger partial charge in [0.15, 0.2) is 12.4 Å². The molecule has 2 heterocycles. The molecule has 2 aromatic carbocycles. The van der Waals surface area contributed by atoms with E-state index in [4.69, 9.17) is 13.7 Å². The summed E-state index contributed by atoms with van der Waals surface area (Å²) < 4.78 is 29.3. The molecular formula is C20H16FN3O3. The van der Waals surface area contributed by atoms with E-state index in [0.29, 0.717) is 35.5 Å². The van der Waals surface area contributed by atoms with Crippen molar-refractivity contribution in [2.75, 3.05) is 0 Å². The number of rotatable bonds is 6. The van der Waals surface area contributed by atoms with E-state index in [1.54, 1.807) is 0 Å². The molecule has 0 N–H and O–H groups in total. The number of hydrogen-bond donors (Lipinski definition) is 0. The molecule has 0 saturated carbocycles. The predicted molar refractivity (Wildman–Crippen MR) is 94.5 cm³/mol. The van der Waals surface area contributed by atoms with Crippen molar-refractivity contribution < 1.29 is 18.1 Å². The first-order valence-electron chi connectivity index (χ1n) is 8.39. The Balaban J connectivity index is 1.42. The molecule has 0 saturated heterocycles. The van der Waals surface area contributed by atoms with Gasteiger partial charge in [0.25, 0.3) is 5.89 Å². The second kappa shape index (κ2) is 7.41. The highest BCUT2D eigenvalue weighted by molar-refractivity contribution is 5.53. The molecule has 0 unspecified atom stereocenters. The van der Waals surface area contributed by atoms with Crippen LogP contribution in [0, 0.1) is 12.7 Å². The first kappa shape index (κ1) is 17.0. The summed E-state index contributed by atoms with van der Waals surface area (Å²) in [6.07, 6.45) is 0.391. The summed E-state index contributed by atoms with van der Waals surface area (Å²) in [6.45, 7) is 1.96. The smallest absolute Gasteiger partial charge is 0.264 e. The van der Waals surface area contributed by atoms with Gasteiger partial charge in [-0.05, 0) is 43.3 Å². The predicted octanol–water partition coefficient (Wildman–Crippen LogP) is 4.34. The third-order valence-corrected chi connectivity index (χ3v) is 3.93. The SMILES string of the molecule is Cc1oc(-c2ccccc2)nc1Cc1noc(COc2ccc(F)cc2)n1. The fraction of sp³-hybridized carbons (Fsp3) is 0.150. The first-order chi connectivity index (χ1) is 13.2. The van der Waals surface area contributed by atoms with Crippen LogP contribution in [0.1, 0.15) is 23.2 Å². The van der Waals surface area contributed by atoms with Crippen LogP contribution < -0.4 is 4.74 Å². The molecule has 4 rings (SSSR count). The molecule has 0 bridgehead atoms. The van der Waals surface area contributed by atoms with Crippen molar-refractivity contribution in [2.24, 2.45) is 0 Å². The zero-order valence-corrected chi connectivity index (χ0v) is 14.6. The lowest BCUT2D eigenvalue weighted by atomic mass is 10.2. The molecule has 0 atom stereocenters. The van der Waals surface area contributed by atoms with Crippen LogP contribution in [-0.4, -0.2) is 15.1 Å². The van der Waals surface area contributed by atoms with Gasteiger partial charge in [-0.25, -0.2) is 9.37 Å². The maximum Gasteiger partial charge on any atom is 0.264 e. The van der Waals surface area contributed by atoms with Crippen LogP contribution in [0.3, 0.4) is 0 Å². The molecule has 0 radical (unpaired) electrons. The third kappa shape index (κ3) is 4.03. The van der Waals surface area contributed by atoms with Gasteiger partial charge in [0.2, 0.25) is 5.89 Å². The molecule has 2 aromatic heterocycles. The number of hydrogen-bond acceptors (Lipinski definition) is 6. The maximum absolute atomic E-state index is 12.9. The number of halogens is 1. The van der Waals surface area contributed by atoms with Gasteiger partial charge in [-0.15, -0.1) is 0 Å². The van der Waals surface area contributed by atoms with E-state index < -0.39 is 0 Å². The van der Waals surface area contributed by atoms with Gasteiger partial charge in [0.1, 0.15) is 17.3 Å². The highest BCUT2D eigenvalue weighted by Crippen LogP contribution is 2.22. The van der Waals surface area contributed by atoms with Crippen LogP contribution in [0.2, 0.25) is 0 Å². The molecule has 0 aliphatic carbocycles. The average Bonchev–Trinajstić information content (AvgIpc) is 3.29. The quantitative estimate of drug-likeness (QED) is 0.506. The Morgan fingerprint density at radius 2 is 1.78 bits per heavy atom. The summed E-state index contributed by atoms with van der Waals surface area (Å²) in [5, 5.41) is 3.95. The van der Waals surface area contributed by atoms with Crippen LogP contribution in [-0.2, 0) is 13.0 Å². The van der Waals surface area contributed by atoms with Gasteiger partial charge in [-0.3, -0.25) is 0 Å². The monoisotopic (exact) mass is 365 g/mol. The summed E-state index contributed by atoms with van der Waals surface area (Å²) in [5.41, 5.74) is 1.66. The van der Waals surface area contributed by atoms with Crippen molar-refractivity contribution in [2.45, 2.75) is 20.0 Å². The van der Waals surface area contributed by atoms with Crippen LogP contribution in [0.25, 0.3) is 11.5 Å². The normalized spacial score (nSPS) is 10.9. The summed E-state index contributed by atoms with van der Waals surface area (Å²) in [4.78, 5) is 8.83. The molecule has 7 heteroatoms. The Bertz CT molecular complexity index is 1030. The van der Waals surface area contributed by atoms with Gasteiger partial charge in [0, 0.05) is 5.56 Å². The largest absolute Gasteiger partial charge is 0.484 e.